The summed E-state index contributed by atoms with van der Waals surface area (Å²) in [5, 5.41) is 6.11. The Kier molecular flexibility index (Phi) is 4.24. The lowest BCUT2D eigenvalue weighted by Crippen LogP contribution is -2.04. The number of halogens is 1. The summed E-state index contributed by atoms with van der Waals surface area (Å²) in [6, 6.07) is 7.36. The molecule has 0 aliphatic rings. The van der Waals surface area contributed by atoms with Gasteiger partial charge in [0.1, 0.15) is 5.75 Å². The van der Waals surface area contributed by atoms with Crippen LogP contribution in [0, 0.1) is 0 Å². The molecule has 0 aliphatic heterocycles. The summed E-state index contributed by atoms with van der Waals surface area (Å²) in [5.41, 5.74) is 0.803. The van der Waals surface area contributed by atoms with Crippen LogP contribution in [-0.2, 0) is 7.05 Å². The summed E-state index contributed by atoms with van der Waals surface area (Å²) < 4.78 is 6.92. The Balaban J connectivity index is 1.79. The number of nitrogens with zero attached hydrogens (tertiary/aromatic N) is 5. The van der Waals surface area contributed by atoms with Gasteiger partial charge in [0.2, 0.25) is 17.2 Å². The molecular formula is C14H14ClN7O. The third kappa shape index (κ3) is 3.86. The van der Waals surface area contributed by atoms with Crippen LogP contribution in [0.15, 0.2) is 36.8 Å². The molecular weight excluding hydrogens is 318 g/mol. The molecule has 0 spiro atoms. The first-order valence-corrected chi connectivity index (χ1v) is 7.08. The van der Waals surface area contributed by atoms with E-state index >= 15 is 0 Å². The second kappa shape index (κ2) is 6.49. The number of benzene rings is 1. The molecule has 0 fully saturated rings. The zero-order valence-electron chi connectivity index (χ0n) is 12.5. The van der Waals surface area contributed by atoms with E-state index in [9.17, 15) is 0 Å². The zero-order valence-corrected chi connectivity index (χ0v) is 13.2. The number of anilines is 4. The third-order valence-electron chi connectivity index (χ3n) is 2.90. The van der Waals surface area contributed by atoms with Gasteiger partial charge >= 0.3 is 0 Å². The van der Waals surface area contributed by atoms with Gasteiger partial charge in [-0.15, -0.1) is 0 Å². The Bertz CT molecular complexity index is 803. The van der Waals surface area contributed by atoms with Gasteiger partial charge in [0.05, 0.1) is 13.4 Å². The van der Waals surface area contributed by atoms with Gasteiger partial charge in [-0.25, -0.2) is 4.98 Å². The number of nitrogens with one attached hydrogen (secondary N) is 2. The highest BCUT2D eigenvalue weighted by molar-refractivity contribution is 6.28. The molecule has 118 valence electrons. The Morgan fingerprint density at radius 3 is 2.35 bits per heavy atom. The second-order valence-corrected chi connectivity index (χ2v) is 4.99. The lowest BCUT2D eigenvalue weighted by molar-refractivity contribution is 0.415. The minimum absolute atomic E-state index is 0.0782. The van der Waals surface area contributed by atoms with E-state index in [0.29, 0.717) is 17.7 Å². The van der Waals surface area contributed by atoms with Crippen LogP contribution in [0.2, 0.25) is 5.28 Å². The van der Waals surface area contributed by atoms with Crippen LogP contribution in [-0.4, -0.2) is 31.6 Å². The molecule has 0 bridgehead atoms. The maximum Gasteiger partial charge on any atom is 0.234 e. The summed E-state index contributed by atoms with van der Waals surface area (Å²) in [7, 11) is 3.49. The van der Waals surface area contributed by atoms with E-state index in [-0.39, 0.29) is 5.28 Å². The van der Waals surface area contributed by atoms with E-state index in [1.165, 1.54) is 0 Å². The quantitative estimate of drug-likeness (QED) is 0.743. The molecule has 0 unspecified atom stereocenters. The SMILES string of the molecule is COc1ccc(Nc2nc(Cl)nc(Nc3cn(C)cn3)n2)cc1. The van der Waals surface area contributed by atoms with Crippen LogP contribution in [0.1, 0.15) is 0 Å². The summed E-state index contributed by atoms with van der Waals surface area (Å²) in [5.74, 6) is 2.01. The molecule has 3 rings (SSSR count). The smallest absolute Gasteiger partial charge is 0.234 e. The largest absolute Gasteiger partial charge is 0.497 e. The molecule has 2 aromatic heterocycles. The van der Waals surface area contributed by atoms with Crippen LogP contribution in [0.5, 0.6) is 5.75 Å². The van der Waals surface area contributed by atoms with Crippen LogP contribution in [0.25, 0.3) is 0 Å². The highest BCUT2D eigenvalue weighted by Gasteiger charge is 2.07. The summed E-state index contributed by atoms with van der Waals surface area (Å²) in [6.07, 6.45) is 3.47. The number of imidazole rings is 1. The van der Waals surface area contributed by atoms with E-state index < -0.39 is 0 Å². The molecule has 0 saturated carbocycles. The van der Waals surface area contributed by atoms with Gasteiger partial charge in [-0.2, -0.15) is 15.0 Å². The molecule has 0 atom stereocenters. The Hall–Kier alpha value is -2.87. The predicted octanol–water partition coefficient (Wildman–Crippen LogP) is 2.75. The standard InChI is InChI=1S/C14H14ClN7O/c1-22-7-11(16-8-22)18-14-20-12(15)19-13(21-14)17-9-3-5-10(23-2)6-4-9/h3-8H,1-2H3,(H2,17,18,19,20,21). The van der Waals surface area contributed by atoms with Crippen LogP contribution in [0.4, 0.5) is 23.4 Å². The Morgan fingerprint density at radius 2 is 1.74 bits per heavy atom. The number of aromatic nitrogens is 5. The molecule has 2 N–H and O–H groups in total. The van der Waals surface area contributed by atoms with E-state index in [1.807, 2.05) is 35.9 Å². The van der Waals surface area contributed by atoms with Crippen molar-refractivity contribution in [2.45, 2.75) is 0 Å². The van der Waals surface area contributed by atoms with Gasteiger partial charge in [-0.3, -0.25) is 0 Å². The van der Waals surface area contributed by atoms with Crippen molar-refractivity contribution < 1.29 is 4.74 Å². The highest BCUT2D eigenvalue weighted by Crippen LogP contribution is 2.20. The lowest BCUT2D eigenvalue weighted by atomic mass is 10.3. The summed E-state index contributed by atoms with van der Waals surface area (Å²) in [6.45, 7) is 0. The molecule has 0 radical (unpaired) electrons. The molecule has 2 heterocycles. The van der Waals surface area contributed by atoms with Gasteiger partial charge < -0.3 is 19.9 Å². The van der Waals surface area contributed by atoms with Crippen molar-refractivity contribution in [2.75, 3.05) is 17.7 Å². The van der Waals surface area contributed by atoms with Crippen molar-refractivity contribution >= 4 is 35.0 Å². The van der Waals surface area contributed by atoms with Crippen molar-refractivity contribution in [3.63, 3.8) is 0 Å². The van der Waals surface area contributed by atoms with Crippen molar-refractivity contribution in [1.29, 1.82) is 0 Å². The Morgan fingerprint density at radius 1 is 1.04 bits per heavy atom. The van der Waals surface area contributed by atoms with Crippen LogP contribution in [0.3, 0.4) is 0 Å². The number of ether oxygens (including phenoxy) is 1. The topological polar surface area (TPSA) is 89.8 Å². The van der Waals surface area contributed by atoms with Gasteiger partial charge in [0.15, 0.2) is 5.82 Å². The summed E-state index contributed by atoms with van der Waals surface area (Å²) >= 11 is 5.95. The summed E-state index contributed by atoms with van der Waals surface area (Å²) in [4.78, 5) is 16.5. The van der Waals surface area contributed by atoms with E-state index in [2.05, 4.69) is 30.6 Å². The maximum atomic E-state index is 5.95. The third-order valence-corrected chi connectivity index (χ3v) is 3.07. The van der Waals surface area contributed by atoms with Crippen molar-refractivity contribution in [3.8, 4) is 5.75 Å². The van der Waals surface area contributed by atoms with Gasteiger partial charge in [0, 0.05) is 18.9 Å². The molecule has 23 heavy (non-hydrogen) atoms. The molecule has 9 heteroatoms. The van der Waals surface area contributed by atoms with Crippen molar-refractivity contribution in [2.24, 2.45) is 7.05 Å². The fraction of sp³-hybridized carbons (Fsp3) is 0.143. The van der Waals surface area contributed by atoms with Crippen LogP contribution >= 0.6 is 11.6 Å². The monoisotopic (exact) mass is 331 g/mol. The number of hydrogen-bond acceptors (Lipinski definition) is 7. The fourth-order valence-corrected chi connectivity index (χ4v) is 2.02. The van der Waals surface area contributed by atoms with E-state index in [1.54, 1.807) is 19.6 Å². The minimum Gasteiger partial charge on any atom is -0.497 e. The minimum atomic E-state index is 0.0782. The van der Waals surface area contributed by atoms with Crippen molar-refractivity contribution in [3.05, 3.63) is 42.1 Å². The number of methoxy groups -OCH3 is 1. The molecule has 8 nitrogen and oxygen atoms in total. The molecule has 0 aliphatic carbocycles. The Labute approximate surface area is 137 Å². The molecule has 1 aromatic carbocycles. The van der Waals surface area contributed by atoms with Gasteiger partial charge in [0.25, 0.3) is 0 Å². The average molecular weight is 332 g/mol. The average Bonchev–Trinajstić information content (AvgIpc) is 2.92. The first-order valence-electron chi connectivity index (χ1n) is 6.70. The molecule has 0 saturated heterocycles. The highest BCUT2D eigenvalue weighted by atomic mass is 35.5. The predicted molar refractivity (Wildman–Crippen MR) is 87.6 cm³/mol. The number of rotatable bonds is 5. The van der Waals surface area contributed by atoms with E-state index in [4.69, 9.17) is 16.3 Å². The second-order valence-electron chi connectivity index (χ2n) is 4.65. The fourth-order valence-electron chi connectivity index (χ4n) is 1.86. The first-order chi connectivity index (χ1) is 11.1. The lowest BCUT2D eigenvalue weighted by Gasteiger charge is -2.08. The van der Waals surface area contributed by atoms with E-state index in [0.717, 1.165) is 11.4 Å². The van der Waals surface area contributed by atoms with Crippen molar-refractivity contribution in [1.82, 2.24) is 24.5 Å². The van der Waals surface area contributed by atoms with Crippen LogP contribution < -0.4 is 15.4 Å². The normalized spacial score (nSPS) is 10.4. The first kappa shape index (κ1) is 15.0. The molecule has 3 aromatic rings. The van der Waals surface area contributed by atoms with Gasteiger partial charge in [-0.05, 0) is 35.9 Å². The zero-order chi connectivity index (χ0) is 16.2. The number of aryl methyl sites for hydroxylation is 1. The van der Waals surface area contributed by atoms with Gasteiger partial charge in [-0.1, -0.05) is 0 Å². The maximum absolute atomic E-state index is 5.95. The molecule has 0 amide bonds. The number of hydrogen-bond donors (Lipinski definition) is 2.